The minimum atomic E-state index is -0.211. The van der Waals surface area contributed by atoms with Crippen LogP contribution in [-0.2, 0) is 13.5 Å². The van der Waals surface area contributed by atoms with Crippen molar-refractivity contribution in [2.24, 2.45) is 13.0 Å². The Hall–Kier alpha value is -0.870. The number of rotatable bonds is 2. The number of aromatic nitrogens is 2. The van der Waals surface area contributed by atoms with E-state index in [4.69, 9.17) is 0 Å². The Morgan fingerprint density at radius 1 is 1.69 bits per heavy atom. The summed E-state index contributed by atoms with van der Waals surface area (Å²) in [6, 6.07) is 0. The first-order valence-electron chi connectivity index (χ1n) is 4.62. The van der Waals surface area contributed by atoms with Crippen molar-refractivity contribution in [3.63, 3.8) is 0 Å². The van der Waals surface area contributed by atoms with Gasteiger partial charge in [0.05, 0.1) is 6.10 Å². The molecule has 1 aliphatic heterocycles. The lowest BCUT2D eigenvalue weighted by atomic mass is 10.0. The molecule has 1 aromatic rings. The number of nitrogens with zero attached hydrogens (tertiary/aromatic N) is 2. The van der Waals surface area contributed by atoms with E-state index in [1.54, 1.807) is 6.20 Å². The summed E-state index contributed by atoms with van der Waals surface area (Å²) in [6.45, 7) is 1.61. The number of hydrogen-bond donors (Lipinski definition) is 2. The minimum absolute atomic E-state index is 0.211. The Morgan fingerprint density at radius 3 is 3.08 bits per heavy atom. The Bertz CT molecular complexity index is 284. The Balaban J connectivity index is 2.01. The van der Waals surface area contributed by atoms with Gasteiger partial charge >= 0.3 is 0 Å². The van der Waals surface area contributed by atoms with Gasteiger partial charge in [0.25, 0.3) is 0 Å². The van der Waals surface area contributed by atoms with Crippen LogP contribution in [0.5, 0.6) is 0 Å². The van der Waals surface area contributed by atoms with Crippen LogP contribution in [0.4, 0.5) is 0 Å². The van der Waals surface area contributed by atoms with Gasteiger partial charge in [0.2, 0.25) is 0 Å². The number of aryl methyl sites for hydroxylation is 1. The molecule has 4 heteroatoms. The lowest BCUT2D eigenvalue weighted by Gasteiger charge is -2.12. The quantitative estimate of drug-likeness (QED) is 0.649. The van der Waals surface area contributed by atoms with Crippen LogP contribution in [0.15, 0.2) is 12.4 Å². The fourth-order valence-electron chi connectivity index (χ4n) is 1.76. The van der Waals surface area contributed by atoms with Crippen LogP contribution in [0.1, 0.15) is 5.82 Å². The largest absolute Gasteiger partial charge is 0.391 e. The third-order valence-electron chi connectivity index (χ3n) is 2.67. The molecule has 4 nitrogen and oxygen atoms in total. The number of aliphatic hydroxyl groups is 1. The normalized spacial score (nSPS) is 28.2. The zero-order valence-electron chi connectivity index (χ0n) is 7.77. The fourth-order valence-corrected chi connectivity index (χ4v) is 1.76. The number of imidazole rings is 1. The van der Waals surface area contributed by atoms with Gasteiger partial charge in [-0.15, -0.1) is 0 Å². The fraction of sp³-hybridized carbons (Fsp3) is 0.667. The van der Waals surface area contributed by atoms with Gasteiger partial charge in [-0.05, 0) is 0 Å². The molecule has 0 spiro atoms. The topological polar surface area (TPSA) is 50.1 Å². The monoisotopic (exact) mass is 181 g/mol. The van der Waals surface area contributed by atoms with Crippen LogP contribution in [0.3, 0.4) is 0 Å². The summed E-state index contributed by atoms with van der Waals surface area (Å²) in [5.41, 5.74) is 0. The molecule has 2 N–H and O–H groups in total. The maximum Gasteiger partial charge on any atom is 0.108 e. The molecule has 1 fully saturated rings. The van der Waals surface area contributed by atoms with Crippen LogP contribution in [0.25, 0.3) is 0 Å². The van der Waals surface area contributed by atoms with Gasteiger partial charge < -0.3 is 15.0 Å². The highest BCUT2D eigenvalue weighted by atomic mass is 16.3. The molecule has 2 rings (SSSR count). The first-order valence-corrected chi connectivity index (χ1v) is 4.62. The second-order valence-electron chi connectivity index (χ2n) is 3.64. The van der Waals surface area contributed by atoms with E-state index in [2.05, 4.69) is 10.3 Å². The van der Waals surface area contributed by atoms with Gasteiger partial charge in [-0.1, -0.05) is 0 Å². The Labute approximate surface area is 77.6 Å². The van der Waals surface area contributed by atoms with Crippen LogP contribution in [-0.4, -0.2) is 33.9 Å². The molecule has 0 aliphatic carbocycles. The van der Waals surface area contributed by atoms with Crippen LogP contribution >= 0.6 is 0 Å². The second-order valence-corrected chi connectivity index (χ2v) is 3.64. The molecule has 0 saturated carbocycles. The van der Waals surface area contributed by atoms with Crippen molar-refractivity contribution in [3.05, 3.63) is 18.2 Å². The average molecular weight is 181 g/mol. The second kappa shape index (κ2) is 3.47. The van der Waals surface area contributed by atoms with Crippen molar-refractivity contribution < 1.29 is 5.11 Å². The molecule has 2 atom stereocenters. The van der Waals surface area contributed by atoms with Crippen LogP contribution in [0, 0.1) is 5.92 Å². The third-order valence-corrected chi connectivity index (χ3v) is 2.67. The average Bonchev–Trinajstić information content (AvgIpc) is 2.65. The Morgan fingerprint density at radius 2 is 2.54 bits per heavy atom. The molecule has 0 amide bonds. The predicted octanol–water partition coefficient (Wildman–Crippen LogP) is -0.457. The van der Waals surface area contributed by atoms with E-state index in [1.807, 2.05) is 17.8 Å². The highest BCUT2D eigenvalue weighted by Gasteiger charge is 2.25. The molecule has 0 bridgehead atoms. The van der Waals surface area contributed by atoms with Crippen molar-refractivity contribution in [2.45, 2.75) is 12.5 Å². The van der Waals surface area contributed by atoms with E-state index in [1.165, 1.54) is 0 Å². The Kier molecular flexibility index (Phi) is 2.33. The zero-order valence-corrected chi connectivity index (χ0v) is 7.77. The molecular weight excluding hydrogens is 166 g/mol. The molecule has 1 aromatic heterocycles. The van der Waals surface area contributed by atoms with Gasteiger partial charge in [-0.25, -0.2) is 4.98 Å². The van der Waals surface area contributed by atoms with Gasteiger partial charge in [0.1, 0.15) is 5.82 Å². The first-order chi connectivity index (χ1) is 6.27. The maximum atomic E-state index is 9.58. The van der Waals surface area contributed by atoms with E-state index in [0.29, 0.717) is 5.92 Å². The van der Waals surface area contributed by atoms with E-state index in [-0.39, 0.29) is 6.10 Å². The summed E-state index contributed by atoms with van der Waals surface area (Å²) in [7, 11) is 1.98. The summed E-state index contributed by atoms with van der Waals surface area (Å²) >= 11 is 0. The smallest absolute Gasteiger partial charge is 0.108 e. The summed E-state index contributed by atoms with van der Waals surface area (Å²) < 4.78 is 2.00. The molecule has 1 saturated heterocycles. The maximum absolute atomic E-state index is 9.58. The number of β-amino-alcohol motifs (C(OH)–C–C–N with tert-alkyl or cyclic N) is 1. The highest BCUT2D eigenvalue weighted by Crippen LogP contribution is 2.14. The van der Waals surface area contributed by atoms with Gasteiger partial charge in [-0.3, -0.25) is 0 Å². The summed E-state index contributed by atoms with van der Waals surface area (Å²) in [5.74, 6) is 1.37. The summed E-state index contributed by atoms with van der Waals surface area (Å²) in [5, 5.41) is 12.7. The summed E-state index contributed by atoms with van der Waals surface area (Å²) in [4.78, 5) is 4.24. The van der Waals surface area contributed by atoms with Gasteiger partial charge in [0, 0.05) is 44.9 Å². The lowest BCUT2D eigenvalue weighted by molar-refractivity contribution is 0.146. The SMILES string of the molecule is Cn1ccnc1CC1CNCC1O. The standard InChI is InChI=1S/C9H15N3O/c1-12-3-2-11-9(12)4-7-5-10-6-8(7)13/h2-3,7-8,10,13H,4-6H2,1H3. The molecule has 72 valence electrons. The van der Waals surface area contributed by atoms with E-state index >= 15 is 0 Å². The van der Waals surface area contributed by atoms with E-state index in [9.17, 15) is 5.11 Å². The molecule has 1 aliphatic rings. The van der Waals surface area contributed by atoms with Crippen LogP contribution < -0.4 is 5.32 Å². The number of nitrogens with one attached hydrogen (secondary N) is 1. The van der Waals surface area contributed by atoms with Crippen molar-refractivity contribution >= 4 is 0 Å². The van der Waals surface area contributed by atoms with E-state index < -0.39 is 0 Å². The number of hydrogen-bond acceptors (Lipinski definition) is 3. The molecule has 2 heterocycles. The van der Waals surface area contributed by atoms with Crippen molar-refractivity contribution in [2.75, 3.05) is 13.1 Å². The molecule has 0 radical (unpaired) electrons. The van der Waals surface area contributed by atoms with Gasteiger partial charge in [0.15, 0.2) is 0 Å². The highest BCUT2D eigenvalue weighted by molar-refractivity contribution is 4.96. The van der Waals surface area contributed by atoms with Crippen molar-refractivity contribution in [1.82, 2.24) is 14.9 Å². The third kappa shape index (κ3) is 1.73. The molecular formula is C9H15N3O. The van der Waals surface area contributed by atoms with E-state index in [0.717, 1.165) is 25.3 Å². The van der Waals surface area contributed by atoms with Crippen LogP contribution in [0.2, 0.25) is 0 Å². The summed E-state index contributed by atoms with van der Waals surface area (Å²) in [6.07, 6.45) is 4.38. The number of aliphatic hydroxyl groups excluding tert-OH is 1. The molecule has 2 unspecified atom stereocenters. The van der Waals surface area contributed by atoms with Gasteiger partial charge in [-0.2, -0.15) is 0 Å². The molecule has 0 aromatic carbocycles. The zero-order chi connectivity index (χ0) is 9.26. The van der Waals surface area contributed by atoms with Crippen molar-refractivity contribution in [3.8, 4) is 0 Å². The minimum Gasteiger partial charge on any atom is -0.391 e. The molecule has 13 heavy (non-hydrogen) atoms. The first kappa shape index (κ1) is 8.72. The van der Waals surface area contributed by atoms with Crippen molar-refractivity contribution in [1.29, 1.82) is 0 Å². The predicted molar refractivity (Wildman–Crippen MR) is 49.3 cm³/mol. The lowest BCUT2D eigenvalue weighted by Crippen LogP contribution is -2.21.